The largest absolute Gasteiger partial charge is 0.468 e. The van der Waals surface area contributed by atoms with Crippen molar-refractivity contribution in [1.82, 2.24) is 5.32 Å². The summed E-state index contributed by atoms with van der Waals surface area (Å²) in [5.74, 6) is -0.509. The standard InChI is InChI=1S/C6H10BrNO4/c1-11-5(9)4-8-6(10)12-3-2-7/h2-4H2,1H3,(H,8,10). The van der Waals surface area contributed by atoms with Crippen LogP contribution in [-0.2, 0) is 14.3 Å². The molecule has 1 amide bonds. The van der Waals surface area contributed by atoms with Crippen LogP contribution < -0.4 is 5.32 Å². The maximum absolute atomic E-state index is 10.7. The van der Waals surface area contributed by atoms with E-state index in [2.05, 4.69) is 30.7 Å². The Bertz CT molecular complexity index is 162. The van der Waals surface area contributed by atoms with Crippen molar-refractivity contribution in [3.8, 4) is 0 Å². The lowest BCUT2D eigenvalue weighted by atomic mass is 10.6. The topological polar surface area (TPSA) is 64.6 Å². The summed E-state index contributed by atoms with van der Waals surface area (Å²) >= 11 is 3.07. The number of halogens is 1. The van der Waals surface area contributed by atoms with Crippen molar-refractivity contribution >= 4 is 28.0 Å². The molecule has 0 unspecified atom stereocenters. The lowest BCUT2D eigenvalue weighted by molar-refractivity contribution is -0.139. The molecule has 0 aromatic heterocycles. The molecule has 0 aliphatic carbocycles. The molecule has 0 saturated carbocycles. The summed E-state index contributed by atoms with van der Waals surface area (Å²) in [6, 6.07) is 0. The molecule has 6 heteroatoms. The van der Waals surface area contributed by atoms with Gasteiger partial charge in [0, 0.05) is 5.33 Å². The number of hydrogen-bond donors (Lipinski definition) is 1. The van der Waals surface area contributed by atoms with Gasteiger partial charge in [-0.3, -0.25) is 4.79 Å². The Hall–Kier alpha value is -0.780. The Balaban J connectivity index is 3.37. The van der Waals surface area contributed by atoms with Crippen LogP contribution in [0.25, 0.3) is 0 Å². The van der Waals surface area contributed by atoms with Gasteiger partial charge < -0.3 is 14.8 Å². The third kappa shape index (κ3) is 5.96. The number of amides is 1. The van der Waals surface area contributed by atoms with Crippen molar-refractivity contribution in [2.45, 2.75) is 0 Å². The van der Waals surface area contributed by atoms with Crippen molar-refractivity contribution in [3.05, 3.63) is 0 Å². The van der Waals surface area contributed by atoms with E-state index in [-0.39, 0.29) is 13.2 Å². The predicted molar refractivity (Wildman–Crippen MR) is 45.2 cm³/mol. The van der Waals surface area contributed by atoms with Crippen molar-refractivity contribution in [2.24, 2.45) is 0 Å². The van der Waals surface area contributed by atoms with E-state index < -0.39 is 12.1 Å². The molecule has 1 N–H and O–H groups in total. The molecular weight excluding hydrogens is 230 g/mol. The fraction of sp³-hybridized carbons (Fsp3) is 0.667. The highest BCUT2D eigenvalue weighted by Crippen LogP contribution is 1.82. The second kappa shape index (κ2) is 6.90. The lowest BCUT2D eigenvalue weighted by Gasteiger charge is -2.03. The van der Waals surface area contributed by atoms with Gasteiger partial charge in [-0.1, -0.05) is 15.9 Å². The molecule has 0 saturated heterocycles. The van der Waals surface area contributed by atoms with Crippen LogP contribution in [0.3, 0.4) is 0 Å². The Morgan fingerprint density at radius 1 is 1.50 bits per heavy atom. The van der Waals surface area contributed by atoms with Crippen molar-refractivity contribution in [1.29, 1.82) is 0 Å². The molecular formula is C6H10BrNO4. The van der Waals surface area contributed by atoms with Crippen molar-refractivity contribution < 1.29 is 19.1 Å². The molecule has 0 fully saturated rings. The quantitative estimate of drug-likeness (QED) is 0.566. The van der Waals surface area contributed by atoms with E-state index in [1.54, 1.807) is 0 Å². The molecule has 0 spiro atoms. The van der Waals surface area contributed by atoms with Gasteiger partial charge in [0.2, 0.25) is 0 Å². The highest BCUT2D eigenvalue weighted by Gasteiger charge is 2.04. The van der Waals surface area contributed by atoms with E-state index in [4.69, 9.17) is 0 Å². The van der Waals surface area contributed by atoms with Crippen LogP contribution in [0.2, 0.25) is 0 Å². The summed E-state index contributed by atoms with van der Waals surface area (Å²) in [6.07, 6.45) is -0.625. The van der Waals surface area contributed by atoms with Crippen LogP contribution in [0.4, 0.5) is 4.79 Å². The average molecular weight is 240 g/mol. The maximum atomic E-state index is 10.7. The summed E-state index contributed by atoms with van der Waals surface area (Å²) in [5.41, 5.74) is 0. The first-order valence-electron chi connectivity index (χ1n) is 3.24. The first-order valence-corrected chi connectivity index (χ1v) is 4.36. The van der Waals surface area contributed by atoms with E-state index in [1.165, 1.54) is 7.11 Å². The van der Waals surface area contributed by atoms with Crippen LogP contribution in [-0.4, -0.2) is 37.7 Å². The third-order valence-electron chi connectivity index (χ3n) is 0.915. The van der Waals surface area contributed by atoms with Gasteiger partial charge in [-0.2, -0.15) is 0 Å². The smallest absolute Gasteiger partial charge is 0.407 e. The fourth-order valence-electron chi connectivity index (χ4n) is 0.399. The van der Waals surface area contributed by atoms with Crippen LogP contribution in [0.1, 0.15) is 0 Å². The summed E-state index contributed by atoms with van der Waals surface area (Å²) in [4.78, 5) is 21.1. The number of carbonyl (C=O) groups excluding carboxylic acids is 2. The van der Waals surface area contributed by atoms with Crippen LogP contribution >= 0.6 is 15.9 Å². The van der Waals surface area contributed by atoms with Crippen LogP contribution in [0.15, 0.2) is 0 Å². The Morgan fingerprint density at radius 2 is 2.17 bits per heavy atom. The van der Waals surface area contributed by atoms with E-state index >= 15 is 0 Å². The molecule has 0 rings (SSSR count). The van der Waals surface area contributed by atoms with Crippen LogP contribution in [0, 0.1) is 0 Å². The van der Waals surface area contributed by atoms with E-state index in [9.17, 15) is 9.59 Å². The normalized spacial score (nSPS) is 8.83. The number of rotatable bonds is 4. The van der Waals surface area contributed by atoms with Crippen molar-refractivity contribution in [3.63, 3.8) is 0 Å². The SMILES string of the molecule is COC(=O)CNC(=O)OCCBr. The molecule has 5 nitrogen and oxygen atoms in total. The van der Waals surface area contributed by atoms with Gasteiger partial charge in [0.25, 0.3) is 0 Å². The predicted octanol–water partition coefficient (Wildman–Crippen LogP) is 0.280. The number of nitrogens with one attached hydrogen (secondary N) is 1. The minimum atomic E-state index is -0.625. The monoisotopic (exact) mass is 239 g/mol. The Morgan fingerprint density at radius 3 is 2.67 bits per heavy atom. The highest BCUT2D eigenvalue weighted by atomic mass is 79.9. The molecule has 0 bridgehead atoms. The summed E-state index contributed by atoms with van der Waals surface area (Å²) < 4.78 is 8.87. The number of hydrogen-bond acceptors (Lipinski definition) is 4. The molecule has 0 aromatic rings. The minimum Gasteiger partial charge on any atom is -0.468 e. The number of carbonyl (C=O) groups is 2. The fourth-order valence-corrected chi connectivity index (χ4v) is 0.561. The van der Waals surface area contributed by atoms with Crippen LogP contribution in [0.5, 0.6) is 0 Å². The molecule has 0 radical (unpaired) electrons. The molecule has 70 valence electrons. The summed E-state index contributed by atoms with van der Waals surface area (Å²) in [7, 11) is 1.24. The molecule has 0 aliphatic heterocycles. The Labute approximate surface area is 78.5 Å². The third-order valence-corrected chi connectivity index (χ3v) is 1.24. The maximum Gasteiger partial charge on any atom is 0.407 e. The number of alkyl carbamates (subject to hydrolysis) is 1. The minimum absolute atomic E-state index is 0.169. The number of methoxy groups -OCH3 is 1. The first-order chi connectivity index (χ1) is 5.70. The molecule has 12 heavy (non-hydrogen) atoms. The summed E-state index contributed by atoms with van der Waals surface area (Å²) in [5, 5.41) is 2.78. The zero-order valence-electron chi connectivity index (χ0n) is 6.63. The highest BCUT2D eigenvalue weighted by molar-refractivity contribution is 9.09. The van der Waals surface area contributed by atoms with Gasteiger partial charge in [-0.15, -0.1) is 0 Å². The van der Waals surface area contributed by atoms with Gasteiger partial charge in [0.1, 0.15) is 13.2 Å². The van der Waals surface area contributed by atoms with Gasteiger partial charge >= 0.3 is 12.1 Å². The number of esters is 1. The van der Waals surface area contributed by atoms with E-state index in [0.717, 1.165) is 0 Å². The lowest BCUT2D eigenvalue weighted by Crippen LogP contribution is -2.31. The molecule has 0 heterocycles. The van der Waals surface area contributed by atoms with Crippen molar-refractivity contribution in [2.75, 3.05) is 25.6 Å². The van der Waals surface area contributed by atoms with Gasteiger partial charge in [0.15, 0.2) is 0 Å². The van der Waals surface area contributed by atoms with Gasteiger partial charge in [0.05, 0.1) is 7.11 Å². The van der Waals surface area contributed by atoms with E-state index in [0.29, 0.717) is 5.33 Å². The summed E-state index contributed by atoms with van der Waals surface area (Å²) in [6.45, 7) is 0.102. The zero-order valence-corrected chi connectivity index (χ0v) is 8.22. The Kier molecular flexibility index (Phi) is 6.45. The molecule has 0 atom stereocenters. The second-order valence-electron chi connectivity index (χ2n) is 1.75. The first kappa shape index (κ1) is 11.2. The molecule has 0 aromatic carbocycles. The second-order valence-corrected chi connectivity index (χ2v) is 2.55. The molecule has 0 aliphatic rings. The van der Waals surface area contributed by atoms with Gasteiger partial charge in [-0.05, 0) is 0 Å². The van der Waals surface area contributed by atoms with Gasteiger partial charge in [-0.25, -0.2) is 4.79 Å². The zero-order chi connectivity index (χ0) is 9.40. The number of alkyl halides is 1. The number of ether oxygens (including phenoxy) is 2. The average Bonchev–Trinajstić information content (AvgIpc) is 2.10. The van der Waals surface area contributed by atoms with E-state index in [1.807, 2.05) is 0 Å².